The van der Waals surface area contributed by atoms with Gasteiger partial charge in [0.15, 0.2) is 5.76 Å². The van der Waals surface area contributed by atoms with Gasteiger partial charge in [-0.3, -0.25) is 4.79 Å². The molecule has 2 amide bonds. The number of para-hydroxylation sites is 1. The molecule has 0 radical (unpaired) electrons. The first-order valence-electron chi connectivity index (χ1n) is 12.2. The second-order valence-corrected chi connectivity index (χ2v) is 11.9. The van der Waals surface area contributed by atoms with E-state index in [2.05, 4.69) is 10.5 Å². The average molecular weight is 541 g/mol. The molecule has 1 saturated heterocycles. The number of thiophene rings is 1. The molecule has 0 saturated carbocycles. The number of nitrogens with zero attached hydrogens (tertiary/aromatic N) is 3. The summed E-state index contributed by atoms with van der Waals surface area (Å²) >= 11 is 7.49. The molecule has 4 heterocycles. The lowest BCUT2D eigenvalue weighted by molar-refractivity contribution is 0.0199. The summed E-state index contributed by atoms with van der Waals surface area (Å²) in [5.41, 5.74) is 1.67. The molecular formula is C27H29ClN4O4S. The number of hydrogen-bond acceptors (Lipinski definition) is 6. The normalized spacial score (nSPS) is 14.8. The summed E-state index contributed by atoms with van der Waals surface area (Å²) in [5, 5.41) is 8.38. The van der Waals surface area contributed by atoms with Gasteiger partial charge >= 0.3 is 6.09 Å². The van der Waals surface area contributed by atoms with Crippen molar-refractivity contribution >= 4 is 45.8 Å². The van der Waals surface area contributed by atoms with Crippen LogP contribution in [0.3, 0.4) is 0 Å². The van der Waals surface area contributed by atoms with Crippen LogP contribution in [-0.2, 0) is 11.3 Å². The lowest BCUT2D eigenvalue weighted by Gasteiger charge is -2.33. The van der Waals surface area contributed by atoms with E-state index in [-0.39, 0.29) is 18.0 Å². The number of hydrogen-bond donors (Lipinski definition) is 1. The van der Waals surface area contributed by atoms with Crippen molar-refractivity contribution in [3.8, 4) is 10.6 Å². The molecule has 0 atom stereocenters. The molecule has 0 bridgehead atoms. The van der Waals surface area contributed by atoms with E-state index in [1.165, 1.54) is 11.3 Å². The number of fused-ring (bicyclic) bond motifs is 1. The van der Waals surface area contributed by atoms with E-state index in [0.29, 0.717) is 54.0 Å². The molecule has 1 aliphatic rings. The number of halogens is 1. The van der Waals surface area contributed by atoms with E-state index in [9.17, 15) is 9.59 Å². The third kappa shape index (κ3) is 5.83. The standard InChI is InChI=1S/C27H29ClN4O4S/c1-27(2,3)35-26(34)31-12-10-18(11-13-31)29-25(33)21-14-17-6-4-5-7-20(17)32(21)16-19-15-22(36-30-19)23-8-9-24(28)37-23/h4-9,14-15,18H,10-13,16H2,1-3H3,(H,29,33). The minimum Gasteiger partial charge on any atom is -0.444 e. The van der Waals surface area contributed by atoms with Crippen molar-refractivity contribution in [3.63, 3.8) is 0 Å². The minimum atomic E-state index is -0.531. The van der Waals surface area contributed by atoms with Crippen LogP contribution in [-0.4, -0.2) is 51.4 Å². The number of aromatic nitrogens is 2. The maximum Gasteiger partial charge on any atom is 0.410 e. The molecule has 1 aromatic carbocycles. The summed E-state index contributed by atoms with van der Waals surface area (Å²) in [7, 11) is 0. The van der Waals surface area contributed by atoms with E-state index in [1.807, 2.05) is 73.9 Å². The van der Waals surface area contributed by atoms with Crippen molar-refractivity contribution in [1.82, 2.24) is 19.9 Å². The van der Waals surface area contributed by atoms with Crippen LogP contribution in [0.4, 0.5) is 4.79 Å². The third-order valence-corrected chi connectivity index (χ3v) is 7.47. The van der Waals surface area contributed by atoms with Crippen molar-refractivity contribution in [2.24, 2.45) is 0 Å². The molecule has 0 unspecified atom stereocenters. The minimum absolute atomic E-state index is 0.0279. The molecule has 1 aliphatic heterocycles. The van der Waals surface area contributed by atoms with E-state index >= 15 is 0 Å². The number of rotatable bonds is 5. The van der Waals surface area contributed by atoms with Gasteiger partial charge in [-0.2, -0.15) is 0 Å². The molecule has 5 rings (SSSR count). The second-order valence-electron chi connectivity index (χ2n) is 10.2. The molecule has 37 heavy (non-hydrogen) atoms. The summed E-state index contributed by atoms with van der Waals surface area (Å²) in [6.07, 6.45) is 1.02. The lowest BCUT2D eigenvalue weighted by Crippen LogP contribution is -2.48. The van der Waals surface area contributed by atoms with Gasteiger partial charge in [-0.05, 0) is 57.9 Å². The molecule has 194 valence electrons. The van der Waals surface area contributed by atoms with Gasteiger partial charge in [-0.15, -0.1) is 11.3 Å². The molecule has 10 heteroatoms. The summed E-state index contributed by atoms with van der Waals surface area (Å²) < 4.78 is 13.7. The highest BCUT2D eigenvalue weighted by atomic mass is 35.5. The molecule has 4 aromatic rings. The van der Waals surface area contributed by atoms with Crippen LogP contribution < -0.4 is 5.32 Å². The van der Waals surface area contributed by atoms with Gasteiger partial charge < -0.3 is 24.0 Å². The fourth-order valence-electron chi connectivity index (χ4n) is 4.47. The van der Waals surface area contributed by atoms with Crippen molar-refractivity contribution in [2.75, 3.05) is 13.1 Å². The van der Waals surface area contributed by atoms with Gasteiger partial charge in [-0.25, -0.2) is 4.79 Å². The second kappa shape index (κ2) is 10.2. The molecule has 1 N–H and O–H groups in total. The van der Waals surface area contributed by atoms with Crippen LogP contribution in [0.15, 0.2) is 53.1 Å². The molecule has 1 fully saturated rings. The topological polar surface area (TPSA) is 89.6 Å². The predicted octanol–water partition coefficient (Wildman–Crippen LogP) is 6.19. The van der Waals surface area contributed by atoms with E-state index < -0.39 is 5.60 Å². The first-order valence-corrected chi connectivity index (χ1v) is 13.4. The number of likely N-dealkylation sites (tertiary alicyclic amines) is 1. The maximum absolute atomic E-state index is 13.4. The zero-order valence-electron chi connectivity index (χ0n) is 21.0. The van der Waals surface area contributed by atoms with Crippen molar-refractivity contribution < 1.29 is 18.8 Å². The van der Waals surface area contributed by atoms with Gasteiger partial charge in [0.05, 0.1) is 15.8 Å². The van der Waals surface area contributed by atoms with Gasteiger partial charge in [0.1, 0.15) is 17.0 Å². The quantitative estimate of drug-likeness (QED) is 0.326. The molecule has 0 aliphatic carbocycles. The molecular weight excluding hydrogens is 512 g/mol. The van der Waals surface area contributed by atoms with Crippen LogP contribution in [0, 0.1) is 0 Å². The summed E-state index contributed by atoms with van der Waals surface area (Å²) in [6, 6.07) is 15.4. The number of ether oxygens (including phenoxy) is 1. The summed E-state index contributed by atoms with van der Waals surface area (Å²) in [5.74, 6) is 0.492. The first-order chi connectivity index (χ1) is 17.7. The lowest BCUT2D eigenvalue weighted by atomic mass is 10.1. The summed E-state index contributed by atoms with van der Waals surface area (Å²) in [4.78, 5) is 28.4. The number of carbonyl (C=O) groups excluding carboxylic acids is 2. The van der Waals surface area contributed by atoms with Gasteiger partial charge in [-0.1, -0.05) is 35.0 Å². The third-order valence-electron chi connectivity index (χ3n) is 6.22. The molecule has 0 spiro atoms. The fraction of sp³-hybridized carbons (Fsp3) is 0.370. The smallest absolute Gasteiger partial charge is 0.410 e. The van der Waals surface area contributed by atoms with Crippen LogP contribution in [0.25, 0.3) is 21.5 Å². The van der Waals surface area contributed by atoms with Crippen LogP contribution in [0.2, 0.25) is 4.34 Å². The number of benzene rings is 1. The van der Waals surface area contributed by atoms with Crippen molar-refractivity contribution in [3.05, 3.63) is 64.3 Å². The Morgan fingerprint density at radius 3 is 2.62 bits per heavy atom. The Kier molecular flexibility index (Phi) is 7.00. The highest BCUT2D eigenvalue weighted by Crippen LogP contribution is 2.32. The van der Waals surface area contributed by atoms with Gasteiger partial charge in [0, 0.05) is 36.1 Å². The van der Waals surface area contributed by atoms with Crippen LogP contribution >= 0.6 is 22.9 Å². The Bertz CT molecular complexity index is 1430. The summed E-state index contributed by atoms with van der Waals surface area (Å²) in [6.45, 7) is 7.03. The Hall–Kier alpha value is -3.30. The zero-order valence-corrected chi connectivity index (χ0v) is 22.6. The van der Waals surface area contributed by atoms with Crippen LogP contribution in [0.5, 0.6) is 0 Å². The molecule has 3 aromatic heterocycles. The Balaban J connectivity index is 1.30. The number of nitrogens with one attached hydrogen (secondary N) is 1. The van der Waals surface area contributed by atoms with Gasteiger partial charge in [0.25, 0.3) is 5.91 Å². The maximum atomic E-state index is 13.4. The van der Waals surface area contributed by atoms with Crippen molar-refractivity contribution in [2.45, 2.75) is 51.8 Å². The largest absolute Gasteiger partial charge is 0.444 e. The Labute approximate surface area is 224 Å². The van der Waals surface area contributed by atoms with E-state index in [1.54, 1.807) is 4.90 Å². The predicted molar refractivity (Wildman–Crippen MR) is 144 cm³/mol. The number of piperidine rings is 1. The average Bonchev–Trinajstić information content (AvgIpc) is 3.58. The number of amides is 2. The Morgan fingerprint density at radius 2 is 1.92 bits per heavy atom. The van der Waals surface area contributed by atoms with Gasteiger partial charge in [0.2, 0.25) is 0 Å². The highest BCUT2D eigenvalue weighted by molar-refractivity contribution is 7.19. The monoisotopic (exact) mass is 540 g/mol. The fourth-order valence-corrected chi connectivity index (χ4v) is 5.46. The SMILES string of the molecule is CC(C)(C)OC(=O)N1CCC(NC(=O)c2cc3ccccc3n2Cc2cc(-c3ccc(Cl)s3)on2)CC1. The Morgan fingerprint density at radius 1 is 1.16 bits per heavy atom. The zero-order chi connectivity index (χ0) is 26.2. The number of carbonyl (C=O) groups is 2. The molecule has 8 nitrogen and oxygen atoms in total. The van der Waals surface area contributed by atoms with E-state index in [4.69, 9.17) is 20.9 Å². The van der Waals surface area contributed by atoms with Crippen molar-refractivity contribution in [1.29, 1.82) is 0 Å². The highest BCUT2D eigenvalue weighted by Gasteiger charge is 2.28. The van der Waals surface area contributed by atoms with Crippen LogP contribution in [0.1, 0.15) is 49.8 Å². The first kappa shape index (κ1) is 25.4. The van der Waals surface area contributed by atoms with E-state index in [0.717, 1.165) is 15.8 Å².